The fraction of sp³-hybridized carbons (Fsp3) is 0.278. The van der Waals surface area contributed by atoms with Gasteiger partial charge in [0.05, 0.1) is 0 Å². The van der Waals surface area contributed by atoms with Gasteiger partial charge in [-0.3, -0.25) is 10.2 Å². The predicted octanol–water partition coefficient (Wildman–Crippen LogP) is 3.69. The van der Waals surface area contributed by atoms with E-state index in [1.807, 2.05) is 64.1 Å². The Kier molecular flexibility index (Phi) is 4.43. The molecule has 3 nitrogen and oxygen atoms in total. The average molecular weight is 282 g/mol. The Morgan fingerprint density at radius 2 is 1.62 bits per heavy atom. The second kappa shape index (κ2) is 6.10. The van der Waals surface area contributed by atoms with Crippen molar-refractivity contribution in [3.8, 4) is 11.1 Å². The molecule has 0 atom stereocenters. The van der Waals surface area contributed by atoms with E-state index in [-0.39, 0.29) is 11.4 Å². The van der Waals surface area contributed by atoms with Crippen molar-refractivity contribution >= 4 is 5.91 Å². The summed E-state index contributed by atoms with van der Waals surface area (Å²) >= 11 is 0. The minimum Gasteiger partial charge on any atom is -0.287 e. The first kappa shape index (κ1) is 15.3. The summed E-state index contributed by atoms with van der Waals surface area (Å²) in [5.74, 6) is -0.111. The molecular weight excluding hydrogens is 260 g/mol. The van der Waals surface area contributed by atoms with Gasteiger partial charge in [-0.15, -0.1) is 0 Å². The second-order valence-corrected chi connectivity index (χ2v) is 6.17. The topological polar surface area (TPSA) is 41.1 Å². The minimum atomic E-state index is -0.166. The summed E-state index contributed by atoms with van der Waals surface area (Å²) < 4.78 is 0. The van der Waals surface area contributed by atoms with E-state index in [0.717, 1.165) is 16.7 Å². The maximum absolute atomic E-state index is 12.3. The Labute approximate surface area is 126 Å². The molecule has 0 unspecified atom stereocenters. The molecule has 21 heavy (non-hydrogen) atoms. The van der Waals surface area contributed by atoms with E-state index < -0.39 is 0 Å². The molecule has 0 bridgehead atoms. The highest BCUT2D eigenvalue weighted by Gasteiger charge is 2.15. The third-order valence-electron chi connectivity index (χ3n) is 3.21. The molecule has 0 heterocycles. The number of carbonyl (C=O) groups is 1. The monoisotopic (exact) mass is 282 g/mol. The highest BCUT2D eigenvalue weighted by Crippen LogP contribution is 2.25. The van der Waals surface area contributed by atoms with Gasteiger partial charge in [0.1, 0.15) is 0 Å². The van der Waals surface area contributed by atoms with Crippen LogP contribution in [0.15, 0.2) is 48.5 Å². The van der Waals surface area contributed by atoms with Gasteiger partial charge in [0, 0.05) is 11.1 Å². The second-order valence-electron chi connectivity index (χ2n) is 6.17. The molecule has 0 aromatic heterocycles. The summed E-state index contributed by atoms with van der Waals surface area (Å²) in [6.07, 6.45) is 0. The highest BCUT2D eigenvalue weighted by molar-refractivity contribution is 5.97. The zero-order valence-corrected chi connectivity index (χ0v) is 13.0. The molecule has 110 valence electrons. The summed E-state index contributed by atoms with van der Waals surface area (Å²) in [7, 11) is 0. The average Bonchev–Trinajstić information content (AvgIpc) is 2.45. The van der Waals surface area contributed by atoms with Crippen molar-refractivity contribution in [1.29, 1.82) is 0 Å². The lowest BCUT2D eigenvalue weighted by atomic mass is 9.96. The van der Waals surface area contributed by atoms with Gasteiger partial charge >= 0.3 is 0 Å². The van der Waals surface area contributed by atoms with Gasteiger partial charge in [-0.25, -0.2) is 5.43 Å². The van der Waals surface area contributed by atoms with Gasteiger partial charge in [0.25, 0.3) is 5.91 Å². The van der Waals surface area contributed by atoms with Gasteiger partial charge in [0.2, 0.25) is 0 Å². The first-order chi connectivity index (χ1) is 9.88. The third kappa shape index (κ3) is 3.92. The number of carbonyl (C=O) groups excluding carboxylic acids is 1. The van der Waals surface area contributed by atoms with Gasteiger partial charge in [-0.1, -0.05) is 42.5 Å². The largest absolute Gasteiger partial charge is 0.287 e. The lowest BCUT2D eigenvalue weighted by Crippen LogP contribution is -2.48. The van der Waals surface area contributed by atoms with Gasteiger partial charge < -0.3 is 0 Å². The van der Waals surface area contributed by atoms with Crippen LogP contribution in [0.4, 0.5) is 0 Å². The van der Waals surface area contributed by atoms with Crippen LogP contribution in [0.5, 0.6) is 0 Å². The van der Waals surface area contributed by atoms with E-state index in [2.05, 4.69) is 23.0 Å². The molecule has 0 aliphatic carbocycles. The Bertz CT molecular complexity index is 627. The van der Waals surface area contributed by atoms with Gasteiger partial charge in [-0.2, -0.15) is 0 Å². The first-order valence-electron chi connectivity index (χ1n) is 7.11. The van der Waals surface area contributed by atoms with Crippen LogP contribution in [0.1, 0.15) is 36.7 Å². The number of hydrogen-bond acceptors (Lipinski definition) is 2. The molecule has 3 heteroatoms. The summed E-state index contributed by atoms with van der Waals surface area (Å²) in [6.45, 7) is 7.98. The standard InChI is InChI=1S/C18H22N2O/c1-13-15(14-9-6-5-7-10-14)11-8-12-16(13)17(21)19-20-18(2,3)4/h5-12,20H,1-4H3,(H,19,21). The van der Waals surface area contributed by atoms with Crippen LogP contribution in [0.25, 0.3) is 11.1 Å². The summed E-state index contributed by atoms with van der Waals surface area (Å²) in [6, 6.07) is 15.9. The molecule has 2 N–H and O–H groups in total. The van der Waals surface area contributed by atoms with Crippen LogP contribution >= 0.6 is 0 Å². The molecule has 0 spiro atoms. The Morgan fingerprint density at radius 3 is 2.24 bits per heavy atom. The number of hydrazine groups is 1. The van der Waals surface area contributed by atoms with Gasteiger partial charge in [0.15, 0.2) is 0 Å². The number of amides is 1. The van der Waals surface area contributed by atoms with E-state index in [1.165, 1.54) is 0 Å². The fourth-order valence-electron chi connectivity index (χ4n) is 2.12. The highest BCUT2D eigenvalue weighted by atomic mass is 16.2. The van der Waals surface area contributed by atoms with Crippen molar-refractivity contribution in [3.05, 3.63) is 59.7 Å². The lowest BCUT2D eigenvalue weighted by molar-refractivity contribution is 0.0914. The van der Waals surface area contributed by atoms with Crippen LogP contribution in [0, 0.1) is 6.92 Å². The molecule has 2 aromatic rings. The normalized spacial score (nSPS) is 11.2. The van der Waals surface area contributed by atoms with Crippen molar-refractivity contribution in [2.75, 3.05) is 0 Å². The summed E-state index contributed by atoms with van der Waals surface area (Å²) in [4.78, 5) is 12.3. The number of hydrogen-bond donors (Lipinski definition) is 2. The van der Waals surface area contributed by atoms with E-state index in [4.69, 9.17) is 0 Å². The number of rotatable bonds is 3. The van der Waals surface area contributed by atoms with E-state index >= 15 is 0 Å². The minimum absolute atomic E-state index is 0.111. The van der Waals surface area contributed by atoms with Crippen molar-refractivity contribution < 1.29 is 4.79 Å². The number of nitrogens with one attached hydrogen (secondary N) is 2. The van der Waals surface area contributed by atoms with Crippen molar-refractivity contribution in [2.24, 2.45) is 0 Å². The molecule has 0 radical (unpaired) electrons. The van der Waals surface area contributed by atoms with Crippen LogP contribution < -0.4 is 10.9 Å². The molecule has 0 aliphatic rings. The van der Waals surface area contributed by atoms with Crippen LogP contribution in [0.3, 0.4) is 0 Å². The van der Waals surface area contributed by atoms with E-state index in [0.29, 0.717) is 5.56 Å². The van der Waals surface area contributed by atoms with E-state index in [1.54, 1.807) is 0 Å². The van der Waals surface area contributed by atoms with Gasteiger partial charge in [-0.05, 0) is 50.5 Å². The summed E-state index contributed by atoms with van der Waals surface area (Å²) in [5.41, 5.74) is 9.48. The Balaban J connectivity index is 2.28. The zero-order chi connectivity index (χ0) is 15.5. The van der Waals surface area contributed by atoms with Crippen molar-refractivity contribution in [1.82, 2.24) is 10.9 Å². The SMILES string of the molecule is Cc1c(C(=O)NNC(C)(C)C)cccc1-c1ccccc1. The molecule has 0 fully saturated rings. The Hall–Kier alpha value is -2.13. The van der Waals surface area contributed by atoms with Crippen LogP contribution in [-0.2, 0) is 0 Å². The zero-order valence-electron chi connectivity index (χ0n) is 13.0. The first-order valence-corrected chi connectivity index (χ1v) is 7.11. The van der Waals surface area contributed by atoms with Crippen LogP contribution in [0.2, 0.25) is 0 Å². The molecule has 2 aromatic carbocycles. The molecule has 0 saturated heterocycles. The van der Waals surface area contributed by atoms with E-state index in [9.17, 15) is 4.79 Å². The van der Waals surface area contributed by atoms with Crippen LogP contribution in [-0.4, -0.2) is 11.4 Å². The molecule has 0 aliphatic heterocycles. The third-order valence-corrected chi connectivity index (χ3v) is 3.21. The molecule has 2 rings (SSSR count). The Morgan fingerprint density at radius 1 is 0.952 bits per heavy atom. The molecule has 1 amide bonds. The fourth-order valence-corrected chi connectivity index (χ4v) is 2.12. The summed E-state index contributed by atoms with van der Waals surface area (Å²) in [5, 5.41) is 0. The van der Waals surface area contributed by atoms with Crippen molar-refractivity contribution in [3.63, 3.8) is 0 Å². The quantitative estimate of drug-likeness (QED) is 0.843. The van der Waals surface area contributed by atoms with Crippen molar-refractivity contribution in [2.45, 2.75) is 33.2 Å². The molecular formula is C18H22N2O. The lowest BCUT2D eigenvalue weighted by Gasteiger charge is -2.21. The number of benzene rings is 2. The maximum atomic E-state index is 12.3. The molecule has 0 saturated carbocycles. The maximum Gasteiger partial charge on any atom is 0.265 e. The smallest absolute Gasteiger partial charge is 0.265 e. The predicted molar refractivity (Wildman–Crippen MR) is 87.0 cm³/mol.